The molecule has 0 aromatic rings. The van der Waals surface area contributed by atoms with Gasteiger partial charge in [0.25, 0.3) is 0 Å². The van der Waals surface area contributed by atoms with Crippen LogP contribution in [0.15, 0.2) is 0 Å². The Labute approximate surface area is 58.7 Å². The van der Waals surface area contributed by atoms with Gasteiger partial charge in [0.2, 0.25) is 0 Å². The van der Waals surface area contributed by atoms with Gasteiger partial charge in [-0.1, -0.05) is 0 Å². The minimum Gasteiger partial charge on any atom is -1.00 e. The molecule has 0 aliphatic carbocycles. The van der Waals surface area contributed by atoms with Gasteiger partial charge in [-0.2, -0.15) is 0 Å². The van der Waals surface area contributed by atoms with Gasteiger partial charge in [-0.25, -0.2) is 0 Å². The molecule has 1 aliphatic heterocycles. The molecule has 0 spiro atoms. The Hall–Kier alpha value is 1.22. The first-order chi connectivity index (χ1) is 1.50. The molecule has 0 aromatic heterocycles. The van der Waals surface area contributed by atoms with Gasteiger partial charge in [-0.05, 0) is 0 Å². The minimum absolute atomic E-state index is 0. The van der Waals surface area contributed by atoms with Crippen molar-refractivity contribution in [2.75, 3.05) is 13.1 Å². The summed E-state index contributed by atoms with van der Waals surface area (Å²) in [5.41, 5.74) is 0. The second-order valence-electron chi connectivity index (χ2n) is 0.750. The molecular weight excluding hydrogens is 78.1 g/mol. The summed E-state index contributed by atoms with van der Waals surface area (Å²) >= 11 is 0. The zero-order valence-electron chi connectivity index (χ0n) is 4.62. The van der Waals surface area contributed by atoms with Crippen molar-refractivity contribution in [3.05, 3.63) is 0 Å². The molecule has 2 heteroatoms. The van der Waals surface area contributed by atoms with Crippen LogP contribution in [0.3, 0.4) is 0 Å². The fourth-order valence-electron chi connectivity index (χ4n) is 0. The molecule has 0 unspecified atom stereocenters. The number of nitrogens with one attached hydrogen (secondary N) is 1. The van der Waals surface area contributed by atoms with Crippen LogP contribution in [-0.2, 0) is 0 Å². The Kier molecular flexibility index (Phi) is 3.21. The second-order valence-corrected chi connectivity index (χ2v) is 0.750. The third-order valence-corrected chi connectivity index (χ3v) is 0.250. The maximum atomic E-state index is 3.00. The molecule has 1 nitrogen and oxygen atoms in total. The molecule has 0 radical (unpaired) electrons. The molecule has 0 atom stereocenters. The maximum absolute atomic E-state index is 3.00. The van der Waals surface area contributed by atoms with Crippen LogP contribution in [0.4, 0.5) is 0 Å². The zero-order valence-corrected chi connectivity index (χ0v) is 4.83. The number of hydrogen-bond donors (Lipinski definition) is 1. The largest absolute Gasteiger partial charge is 2.00 e. The first-order valence-electron chi connectivity index (χ1n) is 1.21. The van der Waals surface area contributed by atoms with E-state index in [1.807, 2.05) is 0 Å². The van der Waals surface area contributed by atoms with Gasteiger partial charge in [0.1, 0.15) is 0 Å². The second kappa shape index (κ2) is 2.46. The van der Waals surface area contributed by atoms with Crippen LogP contribution in [0.2, 0.25) is 0 Å². The van der Waals surface area contributed by atoms with Gasteiger partial charge in [0.15, 0.2) is 0 Å². The SMILES string of the molecule is C1CN1.[Ca+2].[H-].[H-]. The first kappa shape index (κ1) is 5.22. The van der Waals surface area contributed by atoms with E-state index in [9.17, 15) is 0 Å². The monoisotopic (exact) mass is 85.0 g/mol. The van der Waals surface area contributed by atoms with Crippen LogP contribution in [-0.4, -0.2) is 50.8 Å². The average Bonchev–Trinajstić information content (AvgIpc) is 1.46. The molecule has 1 heterocycles. The van der Waals surface area contributed by atoms with Gasteiger partial charge in [0, 0.05) is 13.1 Å². The van der Waals surface area contributed by atoms with E-state index in [1.54, 1.807) is 0 Å². The summed E-state index contributed by atoms with van der Waals surface area (Å²) in [7, 11) is 0. The topological polar surface area (TPSA) is 21.9 Å². The molecule has 1 aliphatic rings. The normalized spacial score (nSPS) is 18.0. The molecule has 0 aromatic carbocycles. The Balaban J connectivity index is -0.0000000300. The Morgan fingerprint density at radius 1 is 1.50 bits per heavy atom. The van der Waals surface area contributed by atoms with Gasteiger partial charge < -0.3 is 8.17 Å². The van der Waals surface area contributed by atoms with Crippen LogP contribution in [0, 0.1) is 0 Å². The van der Waals surface area contributed by atoms with E-state index in [0.717, 1.165) is 0 Å². The van der Waals surface area contributed by atoms with E-state index in [-0.39, 0.29) is 40.6 Å². The van der Waals surface area contributed by atoms with E-state index >= 15 is 0 Å². The van der Waals surface area contributed by atoms with Crippen molar-refractivity contribution < 1.29 is 2.85 Å². The van der Waals surface area contributed by atoms with Gasteiger partial charge >= 0.3 is 37.7 Å². The molecule has 4 heavy (non-hydrogen) atoms. The minimum atomic E-state index is 0. The Morgan fingerprint density at radius 3 is 1.75 bits per heavy atom. The molecule has 0 bridgehead atoms. The van der Waals surface area contributed by atoms with Crippen molar-refractivity contribution in [3.8, 4) is 0 Å². The average molecular weight is 85.2 g/mol. The van der Waals surface area contributed by atoms with Crippen molar-refractivity contribution in [1.29, 1.82) is 0 Å². The predicted molar refractivity (Wildman–Crippen MR) is 20.8 cm³/mol. The third-order valence-electron chi connectivity index (χ3n) is 0.250. The summed E-state index contributed by atoms with van der Waals surface area (Å²) < 4.78 is 0. The maximum Gasteiger partial charge on any atom is 2.00 e. The molecule has 0 saturated carbocycles. The predicted octanol–water partition coefficient (Wildman–Crippen LogP) is -0.566. The van der Waals surface area contributed by atoms with E-state index in [4.69, 9.17) is 0 Å². The summed E-state index contributed by atoms with van der Waals surface area (Å²) in [5.74, 6) is 0. The summed E-state index contributed by atoms with van der Waals surface area (Å²) in [6.45, 7) is 2.50. The molecule has 1 saturated heterocycles. The smallest absolute Gasteiger partial charge is 1.00 e. The fourth-order valence-corrected chi connectivity index (χ4v) is 0. The van der Waals surface area contributed by atoms with Crippen molar-refractivity contribution >= 4 is 37.7 Å². The van der Waals surface area contributed by atoms with Crippen LogP contribution in [0.5, 0.6) is 0 Å². The quantitative estimate of drug-likeness (QED) is 0.309. The van der Waals surface area contributed by atoms with Crippen molar-refractivity contribution in [2.45, 2.75) is 0 Å². The van der Waals surface area contributed by atoms with Gasteiger partial charge in [-0.15, -0.1) is 0 Å². The molecule has 1 fully saturated rings. The molecule has 1 rings (SSSR count). The Morgan fingerprint density at radius 2 is 1.75 bits per heavy atom. The van der Waals surface area contributed by atoms with E-state index in [0.29, 0.717) is 0 Å². The van der Waals surface area contributed by atoms with Crippen molar-refractivity contribution in [3.63, 3.8) is 0 Å². The van der Waals surface area contributed by atoms with Gasteiger partial charge in [-0.3, -0.25) is 0 Å². The van der Waals surface area contributed by atoms with Gasteiger partial charge in [0.05, 0.1) is 0 Å². The number of hydrogen-bond acceptors (Lipinski definition) is 1. The molecule has 1 N–H and O–H groups in total. The van der Waals surface area contributed by atoms with E-state index in [2.05, 4.69) is 5.32 Å². The zero-order chi connectivity index (χ0) is 2.12. The standard InChI is InChI=1S/C2H5N.Ca.2H/c1-2-3-1;;;/h3H,1-2H2;;;/q;+2;2*-1. The molecule has 22 valence electrons. The first-order valence-corrected chi connectivity index (χ1v) is 1.21. The molecule has 0 amide bonds. The third kappa shape index (κ3) is 3.22. The van der Waals surface area contributed by atoms with E-state index in [1.165, 1.54) is 13.1 Å². The molecular formula is C2H7CaN. The number of rotatable bonds is 0. The van der Waals surface area contributed by atoms with Crippen LogP contribution in [0.25, 0.3) is 0 Å². The van der Waals surface area contributed by atoms with Crippen molar-refractivity contribution in [1.82, 2.24) is 5.32 Å². The van der Waals surface area contributed by atoms with E-state index < -0.39 is 0 Å². The summed E-state index contributed by atoms with van der Waals surface area (Å²) in [6.07, 6.45) is 0. The van der Waals surface area contributed by atoms with Crippen LogP contribution < -0.4 is 5.32 Å². The Bertz CT molecular complexity index is 16.3. The van der Waals surface area contributed by atoms with Crippen LogP contribution in [0.1, 0.15) is 2.85 Å². The fraction of sp³-hybridized carbons (Fsp3) is 1.00. The van der Waals surface area contributed by atoms with Crippen LogP contribution >= 0.6 is 0 Å². The van der Waals surface area contributed by atoms with Crippen molar-refractivity contribution in [2.24, 2.45) is 0 Å². The summed E-state index contributed by atoms with van der Waals surface area (Å²) in [6, 6.07) is 0. The summed E-state index contributed by atoms with van der Waals surface area (Å²) in [5, 5.41) is 3.00. The summed E-state index contributed by atoms with van der Waals surface area (Å²) in [4.78, 5) is 0.